The van der Waals surface area contributed by atoms with E-state index in [0.29, 0.717) is 5.69 Å². The topological polar surface area (TPSA) is 45.2 Å². The number of anilines is 1. The minimum absolute atomic E-state index is 0.0248. The molecule has 0 aliphatic carbocycles. The molecule has 1 aromatic heterocycles. The molecule has 1 saturated heterocycles. The number of carbonyl (C=O) groups is 1. The van der Waals surface area contributed by atoms with Gasteiger partial charge in [-0.3, -0.25) is 4.79 Å². The highest BCUT2D eigenvalue weighted by Crippen LogP contribution is 2.34. The first kappa shape index (κ1) is 15.0. The van der Waals surface area contributed by atoms with Crippen molar-refractivity contribution in [3.63, 3.8) is 0 Å². The minimum atomic E-state index is 0.0248. The van der Waals surface area contributed by atoms with Crippen LogP contribution in [0, 0.1) is 0 Å². The number of aromatic nitrogens is 1. The van der Waals surface area contributed by atoms with Gasteiger partial charge < -0.3 is 10.2 Å². The van der Waals surface area contributed by atoms with Crippen LogP contribution in [0.4, 0.5) is 5.13 Å². The lowest BCUT2D eigenvalue weighted by Gasteiger charge is -2.40. The number of amides is 1. The smallest absolute Gasteiger partial charge is 0.273 e. The zero-order valence-corrected chi connectivity index (χ0v) is 13.8. The average molecular weight is 315 g/mol. The van der Waals surface area contributed by atoms with E-state index < -0.39 is 0 Å². The van der Waals surface area contributed by atoms with Crippen LogP contribution in [0.3, 0.4) is 0 Å². The third-order valence-corrected chi connectivity index (χ3v) is 5.25. The number of thiazole rings is 1. The summed E-state index contributed by atoms with van der Waals surface area (Å²) >= 11 is 1.47. The molecule has 22 heavy (non-hydrogen) atoms. The Morgan fingerprint density at radius 3 is 2.82 bits per heavy atom. The maximum Gasteiger partial charge on any atom is 0.273 e. The van der Waals surface area contributed by atoms with Crippen molar-refractivity contribution in [2.75, 3.05) is 25.5 Å². The van der Waals surface area contributed by atoms with E-state index in [2.05, 4.69) is 41.5 Å². The molecule has 116 valence electrons. The Labute approximate surface area is 135 Å². The molecule has 2 heterocycles. The summed E-state index contributed by atoms with van der Waals surface area (Å²) in [4.78, 5) is 19.0. The van der Waals surface area contributed by atoms with E-state index in [1.807, 2.05) is 23.4 Å². The molecule has 0 spiro atoms. The van der Waals surface area contributed by atoms with E-state index in [1.165, 1.54) is 16.9 Å². The van der Waals surface area contributed by atoms with Gasteiger partial charge in [-0.2, -0.15) is 0 Å². The van der Waals surface area contributed by atoms with Crippen LogP contribution in [0.5, 0.6) is 0 Å². The Balaban J connectivity index is 1.79. The van der Waals surface area contributed by atoms with Gasteiger partial charge in [0.25, 0.3) is 5.91 Å². The van der Waals surface area contributed by atoms with Crippen molar-refractivity contribution in [1.29, 1.82) is 0 Å². The summed E-state index contributed by atoms with van der Waals surface area (Å²) in [6.45, 7) is 3.82. The van der Waals surface area contributed by atoms with Gasteiger partial charge in [-0.15, -0.1) is 11.3 Å². The van der Waals surface area contributed by atoms with E-state index in [9.17, 15) is 4.79 Å². The number of carbonyl (C=O) groups excluding carboxylic acids is 1. The molecular weight excluding hydrogens is 294 g/mol. The number of hydrogen-bond donors (Lipinski definition) is 1. The van der Waals surface area contributed by atoms with Crippen molar-refractivity contribution in [3.05, 3.63) is 47.0 Å². The Hall–Kier alpha value is -1.88. The SMILES string of the molecule is CNc1nc(C(=O)N2CCCC(C)(c3ccccc3)C2)cs1. The highest BCUT2D eigenvalue weighted by atomic mass is 32.1. The molecule has 0 saturated carbocycles. The van der Waals surface area contributed by atoms with Crippen LogP contribution in [0.15, 0.2) is 35.7 Å². The van der Waals surface area contributed by atoms with Gasteiger partial charge in [0.15, 0.2) is 5.13 Å². The molecule has 4 nitrogen and oxygen atoms in total. The van der Waals surface area contributed by atoms with Gasteiger partial charge in [0.05, 0.1) is 0 Å². The lowest BCUT2D eigenvalue weighted by molar-refractivity contribution is 0.0646. The monoisotopic (exact) mass is 315 g/mol. The fourth-order valence-corrected chi connectivity index (χ4v) is 3.78. The molecule has 1 unspecified atom stereocenters. The Bertz CT molecular complexity index is 655. The second kappa shape index (κ2) is 6.08. The summed E-state index contributed by atoms with van der Waals surface area (Å²) in [7, 11) is 1.82. The van der Waals surface area contributed by atoms with Crippen molar-refractivity contribution in [2.24, 2.45) is 0 Å². The summed E-state index contributed by atoms with van der Waals surface area (Å²) in [5.41, 5.74) is 1.88. The summed E-state index contributed by atoms with van der Waals surface area (Å²) in [6, 6.07) is 10.5. The first-order valence-corrected chi connectivity index (χ1v) is 8.48. The predicted molar refractivity (Wildman–Crippen MR) is 90.6 cm³/mol. The maximum absolute atomic E-state index is 12.7. The molecule has 5 heteroatoms. The van der Waals surface area contributed by atoms with Gasteiger partial charge >= 0.3 is 0 Å². The van der Waals surface area contributed by atoms with E-state index in [0.717, 1.165) is 31.1 Å². The summed E-state index contributed by atoms with van der Waals surface area (Å²) in [5, 5.41) is 5.60. The quantitative estimate of drug-likeness (QED) is 0.944. The highest BCUT2D eigenvalue weighted by Gasteiger charge is 2.35. The number of hydrogen-bond acceptors (Lipinski definition) is 4. The largest absolute Gasteiger partial charge is 0.365 e. The Morgan fingerprint density at radius 2 is 2.14 bits per heavy atom. The molecule has 1 aromatic carbocycles. The van der Waals surface area contributed by atoms with Gasteiger partial charge in [0, 0.05) is 30.9 Å². The molecule has 1 N–H and O–H groups in total. The molecule has 0 bridgehead atoms. The molecular formula is C17H21N3OS. The third-order valence-electron chi connectivity index (χ3n) is 4.39. The van der Waals surface area contributed by atoms with Crippen LogP contribution in [0.2, 0.25) is 0 Å². The molecule has 1 atom stereocenters. The van der Waals surface area contributed by atoms with Crippen molar-refractivity contribution >= 4 is 22.4 Å². The fourth-order valence-electron chi connectivity index (χ4n) is 3.14. The third kappa shape index (κ3) is 2.86. The van der Waals surface area contributed by atoms with Gasteiger partial charge in [0.2, 0.25) is 0 Å². The molecule has 3 rings (SSSR count). The molecule has 1 amide bonds. The first-order chi connectivity index (χ1) is 10.6. The minimum Gasteiger partial charge on any atom is -0.365 e. The van der Waals surface area contributed by atoms with Crippen LogP contribution in [0.1, 0.15) is 35.8 Å². The average Bonchev–Trinajstić information content (AvgIpc) is 3.04. The van der Waals surface area contributed by atoms with E-state index in [-0.39, 0.29) is 11.3 Å². The zero-order chi connectivity index (χ0) is 15.6. The molecule has 2 aromatic rings. The Morgan fingerprint density at radius 1 is 1.36 bits per heavy atom. The first-order valence-electron chi connectivity index (χ1n) is 7.60. The molecule has 1 aliphatic rings. The van der Waals surface area contributed by atoms with Crippen LogP contribution in [0.25, 0.3) is 0 Å². The predicted octanol–water partition coefficient (Wildman–Crippen LogP) is 3.38. The number of benzene rings is 1. The van der Waals surface area contributed by atoms with Gasteiger partial charge in [0.1, 0.15) is 5.69 Å². The summed E-state index contributed by atoms with van der Waals surface area (Å²) in [6.07, 6.45) is 2.14. The van der Waals surface area contributed by atoms with E-state index in [1.54, 1.807) is 0 Å². The summed E-state index contributed by atoms with van der Waals surface area (Å²) < 4.78 is 0. The number of likely N-dealkylation sites (tertiary alicyclic amines) is 1. The zero-order valence-electron chi connectivity index (χ0n) is 13.0. The fraction of sp³-hybridized carbons (Fsp3) is 0.412. The van der Waals surface area contributed by atoms with Crippen LogP contribution in [-0.4, -0.2) is 35.9 Å². The lowest BCUT2D eigenvalue weighted by atomic mass is 9.76. The highest BCUT2D eigenvalue weighted by molar-refractivity contribution is 7.13. The Kier molecular flexibility index (Phi) is 4.16. The second-order valence-electron chi connectivity index (χ2n) is 6.04. The van der Waals surface area contributed by atoms with Crippen molar-refractivity contribution in [3.8, 4) is 0 Å². The lowest BCUT2D eigenvalue weighted by Crippen LogP contribution is -2.47. The van der Waals surface area contributed by atoms with Crippen LogP contribution < -0.4 is 5.32 Å². The van der Waals surface area contributed by atoms with Gasteiger partial charge in [-0.05, 0) is 18.4 Å². The number of piperidine rings is 1. The number of nitrogens with zero attached hydrogens (tertiary/aromatic N) is 2. The van der Waals surface area contributed by atoms with Crippen LogP contribution >= 0.6 is 11.3 Å². The standard InChI is InChI=1S/C17H21N3OS/c1-17(13-7-4-3-5-8-13)9-6-10-20(12-17)15(21)14-11-22-16(18-2)19-14/h3-5,7-8,11H,6,9-10,12H2,1-2H3,(H,18,19). The molecule has 1 aliphatic heterocycles. The summed E-state index contributed by atoms with van der Waals surface area (Å²) in [5.74, 6) is 0.0413. The molecule has 1 fully saturated rings. The van der Waals surface area contributed by atoms with Crippen molar-refractivity contribution in [1.82, 2.24) is 9.88 Å². The number of nitrogens with one attached hydrogen (secondary N) is 1. The number of rotatable bonds is 3. The van der Waals surface area contributed by atoms with Gasteiger partial charge in [-0.25, -0.2) is 4.98 Å². The van der Waals surface area contributed by atoms with Crippen molar-refractivity contribution < 1.29 is 4.79 Å². The normalized spacial score (nSPS) is 21.6. The van der Waals surface area contributed by atoms with Crippen molar-refractivity contribution in [2.45, 2.75) is 25.2 Å². The maximum atomic E-state index is 12.7. The van der Waals surface area contributed by atoms with Gasteiger partial charge in [-0.1, -0.05) is 37.3 Å². The second-order valence-corrected chi connectivity index (χ2v) is 6.90. The van der Waals surface area contributed by atoms with E-state index in [4.69, 9.17) is 0 Å². The van der Waals surface area contributed by atoms with Crippen LogP contribution in [-0.2, 0) is 5.41 Å². The molecule has 0 radical (unpaired) electrons. The van der Waals surface area contributed by atoms with E-state index >= 15 is 0 Å².